The van der Waals surface area contributed by atoms with Crippen molar-refractivity contribution < 1.29 is 28.2 Å². The van der Waals surface area contributed by atoms with Crippen molar-refractivity contribution in [2.45, 2.75) is 26.6 Å². The molecule has 0 aliphatic rings. The van der Waals surface area contributed by atoms with Crippen LogP contribution in [0.3, 0.4) is 0 Å². The topological polar surface area (TPSA) is 74.7 Å². The van der Waals surface area contributed by atoms with E-state index in [1.54, 1.807) is 6.92 Å². The molecule has 3 rings (SSSR count). The molecule has 0 spiro atoms. The molecule has 2 aromatic carbocycles. The van der Waals surface area contributed by atoms with E-state index in [0.717, 1.165) is 5.39 Å². The first kappa shape index (κ1) is 20.3. The number of pyridine rings is 1. The number of fused-ring (bicyclic) bond motifs is 1. The van der Waals surface area contributed by atoms with Crippen LogP contribution in [0.5, 0.6) is 5.75 Å². The van der Waals surface area contributed by atoms with Crippen molar-refractivity contribution in [1.29, 1.82) is 0 Å². The Bertz CT molecular complexity index is 1050. The summed E-state index contributed by atoms with van der Waals surface area (Å²) in [5.41, 5.74) is 1.95. The first-order valence-corrected chi connectivity index (χ1v) is 8.96. The number of ether oxygens (including phenoxy) is 3. The van der Waals surface area contributed by atoms with Gasteiger partial charge in [0.15, 0.2) is 6.10 Å². The van der Waals surface area contributed by atoms with Gasteiger partial charge in [0.2, 0.25) is 0 Å². The maximum Gasteiger partial charge on any atom is 0.347 e. The van der Waals surface area contributed by atoms with E-state index in [4.69, 9.17) is 14.2 Å². The predicted octanol–water partition coefficient (Wildman–Crippen LogP) is 3.98. The number of rotatable bonds is 6. The van der Waals surface area contributed by atoms with Gasteiger partial charge in [-0.2, -0.15) is 0 Å². The van der Waals surface area contributed by atoms with Gasteiger partial charge in [0.05, 0.1) is 23.9 Å². The lowest BCUT2D eigenvalue weighted by atomic mass is 10.0. The summed E-state index contributed by atoms with van der Waals surface area (Å²) in [6.07, 6.45) is -0.927. The molecule has 0 fully saturated rings. The van der Waals surface area contributed by atoms with E-state index >= 15 is 0 Å². The Labute approximate surface area is 167 Å². The van der Waals surface area contributed by atoms with E-state index < -0.39 is 23.9 Å². The smallest absolute Gasteiger partial charge is 0.347 e. The number of aromatic nitrogens is 1. The summed E-state index contributed by atoms with van der Waals surface area (Å²) in [6.45, 7) is 3.10. The number of hydrogen-bond donors (Lipinski definition) is 0. The molecular weight excluding hydrogens is 377 g/mol. The standard InChI is InChI=1S/C22H20FNO5/c1-13-17-6-4-5-7-18(17)24-19(20(13)22(26)27-3)12-28-21(25)14(2)29-16-10-8-15(23)9-11-16/h4-11,14H,12H2,1-3H3/t14-/m1/s1. The molecule has 1 atom stereocenters. The number of aryl methyl sites for hydroxylation is 1. The number of carbonyl (C=O) groups excluding carboxylic acids is 2. The highest BCUT2D eigenvalue weighted by Gasteiger charge is 2.22. The second-order valence-electron chi connectivity index (χ2n) is 6.39. The van der Waals surface area contributed by atoms with Gasteiger partial charge >= 0.3 is 11.9 Å². The van der Waals surface area contributed by atoms with Crippen LogP contribution >= 0.6 is 0 Å². The summed E-state index contributed by atoms with van der Waals surface area (Å²) in [5.74, 6) is -1.26. The molecular formula is C22H20FNO5. The average Bonchev–Trinajstić information content (AvgIpc) is 2.73. The molecule has 0 bridgehead atoms. The molecule has 29 heavy (non-hydrogen) atoms. The summed E-state index contributed by atoms with van der Waals surface area (Å²) < 4.78 is 28.6. The molecule has 7 heteroatoms. The van der Waals surface area contributed by atoms with Gasteiger partial charge in [-0.3, -0.25) is 0 Å². The van der Waals surface area contributed by atoms with Crippen LogP contribution in [-0.4, -0.2) is 30.1 Å². The van der Waals surface area contributed by atoms with E-state index in [0.29, 0.717) is 22.5 Å². The van der Waals surface area contributed by atoms with Gasteiger partial charge in [0.1, 0.15) is 18.2 Å². The van der Waals surface area contributed by atoms with Crippen molar-refractivity contribution in [2.75, 3.05) is 7.11 Å². The minimum Gasteiger partial charge on any atom is -0.479 e. The van der Waals surface area contributed by atoms with Crippen molar-refractivity contribution in [3.05, 3.63) is 71.2 Å². The molecule has 1 heterocycles. The van der Waals surface area contributed by atoms with Crippen molar-refractivity contribution in [3.8, 4) is 5.75 Å². The van der Waals surface area contributed by atoms with Crippen LogP contribution in [0.4, 0.5) is 4.39 Å². The fraction of sp³-hybridized carbons (Fsp3) is 0.227. The fourth-order valence-electron chi connectivity index (χ4n) is 2.94. The molecule has 3 aromatic rings. The van der Waals surface area contributed by atoms with E-state index in [-0.39, 0.29) is 12.2 Å². The third-order valence-electron chi connectivity index (χ3n) is 4.43. The second kappa shape index (κ2) is 8.68. The number of methoxy groups -OCH3 is 1. The molecule has 0 saturated heterocycles. The highest BCUT2D eigenvalue weighted by Crippen LogP contribution is 2.24. The quantitative estimate of drug-likeness (QED) is 0.586. The third kappa shape index (κ3) is 4.51. The molecule has 0 unspecified atom stereocenters. The van der Waals surface area contributed by atoms with Crippen LogP contribution in [0.2, 0.25) is 0 Å². The van der Waals surface area contributed by atoms with Crippen LogP contribution in [-0.2, 0) is 20.9 Å². The monoisotopic (exact) mass is 397 g/mol. The number of hydrogen-bond acceptors (Lipinski definition) is 6. The molecule has 1 aromatic heterocycles. The number of nitrogens with zero attached hydrogens (tertiary/aromatic N) is 1. The van der Waals surface area contributed by atoms with Gasteiger partial charge in [-0.05, 0) is 49.7 Å². The number of carbonyl (C=O) groups is 2. The summed E-state index contributed by atoms with van der Waals surface area (Å²) in [7, 11) is 1.28. The van der Waals surface area contributed by atoms with E-state index in [2.05, 4.69) is 4.98 Å². The second-order valence-corrected chi connectivity index (χ2v) is 6.39. The van der Waals surface area contributed by atoms with Crippen molar-refractivity contribution in [2.24, 2.45) is 0 Å². The van der Waals surface area contributed by atoms with Gasteiger partial charge in [0, 0.05) is 5.39 Å². The maximum absolute atomic E-state index is 13.0. The Morgan fingerprint density at radius 3 is 2.48 bits per heavy atom. The van der Waals surface area contributed by atoms with Crippen LogP contribution < -0.4 is 4.74 Å². The van der Waals surface area contributed by atoms with E-state index in [1.165, 1.54) is 38.3 Å². The number of halogens is 1. The van der Waals surface area contributed by atoms with Crippen molar-refractivity contribution in [1.82, 2.24) is 4.98 Å². The van der Waals surface area contributed by atoms with Gasteiger partial charge in [-0.1, -0.05) is 18.2 Å². The van der Waals surface area contributed by atoms with Crippen LogP contribution in [0, 0.1) is 12.7 Å². The van der Waals surface area contributed by atoms with Gasteiger partial charge in [-0.25, -0.2) is 19.0 Å². The Kier molecular flexibility index (Phi) is 6.07. The Balaban J connectivity index is 1.79. The third-order valence-corrected chi connectivity index (χ3v) is 4.43. The highest BCUT2D eigenvalue weighted by molar-refractivity contribution is 5.98. The van der Waals surface area contributed by atoms with Gasteiger partial charge in [-0.15, -0.1) is 0 Å². The molecule has 0 amide bonds. The summed E-state index contributed by atoms with van der Waals surface area (Å²) in [5, 5.41) is 0.816. The fourth-order valence-corrected chi connectivity index (χ4v) is 2.94. The highest BCUT2D eigenvalue weighted by atomic mass is 19.1. The maximum atomic E-state index is 13.0. The zero-order valence-corrected chi connectivity index (χ0v) is 16.3. The van der Waals surface area contributed by atoms with Crippen LogP contribution in [0.15, 0.2) is 48.5 Å². The van der Waals surface area contributed by atoms with Crippen LogP contribution in [0.1, 0.15) is 28.5 Å². The number of esters is 2. The lowest BCUT2D eigenvalue weighted by Gasteiger charge is -2.16. The normalized spacial score (nSPS) is 11.7. The SMILES string of the molecule is COC(=O)c1c(COC(=O)[C@@H](C)Oc2ccc(F)cc2)nc2ccccc2c1C. The van der Waals surface area contributed by atoms with Crippen molar-refractivity contribution in [3.63, 3.8) is 0 Å². The summed E-state index contributed by atoms with van der Waals surface area (Å²) >= 11 is 0. The zero-order chi connectivity index (χ0) is 21.0. The molecule has 0 aliphatic carbocycles. The molecule has 0 N–H and O–H groups in total. The lowest BCUT2D eigenvalue weighted by molar-refractivity contribution is -0.152. The van der Waals surface area contributed by atoms with Gasteiger partial charge < -0.3 is 14.2 Å². The number of benzene rings is 2. The largest absolute Gasteiger partial charge is 0.479 e. The predicted molar refractivity (Wildman–Crippen MR) is 104 cm³/mol. The molecule has 150 valence electrons. The molecule has 6 nitrogen and oxygen atoms in total. The Morgan fingerprint density at radius 2 is 1.79 bits per heavy atom. The minimum absolute atomic E-state index is 0.216. The van der Waals surface area contributed by atoms with Gasteiger partial charge in [0.25, 0.3) is 0 Å². The first-order chi connectivity index (χ1) is 13.9. The zero-order valence-electron chi connectivity index (χ0n) is 16.3. The van der Waals surface area contributed by atoms with Crippen LogP contribution in [0.25, 0.3) is 10.9 Å². The summed E-state index contributed by atoms with van der Waals surface area (Å²) in [4.78, 5) is 29.1. The number of para-hydroxylation sites is 1. The Morgan fingerprint density at radius 1 is 1.10 bits per heavy atom. The summed E-state index contributed by atoms with van der Waals surface area (Å²) in [6, 6.07) is 12.7. The molecule has 0 radical (unpaired) electrons. The van der Waals surface area contributed by atoms with Crippen molar-refractivity contribution >= 4 is 22.8 Å². The average molecular weight is 397 g/mol. The lowest BCUT2D eigenvalue weighted by Crippen LogP contribution is -2.26. The van der Waals surface area contributed by atoms with E-state index in [1.807, 2.05) is 24.3 Å². The minimum atomic E-state index is -0.927. The molecule has 0 aliphatic heterocycles. The Hall–Kier alpha value is -3.48. The molecule has 0 saturated carbocycles. The first-order valence-electron chi connectivity index (χ1n) is 8.96. The van der Waals surface area contributed by atoms with E-state index in [9.17, 15) is 14.0 Å².